The summed E-state index contributed by atoms with van der Waals surface area (Å²) < 4.78 is 5.09. The molecule has 92 valence electrons. The number of aliphatic imine (C=N–C) groups is 1. The molecule has 0 spiro atoms. The zero-order chi connectivity index (χ0) is 12.4. The molecule has 5 heteroatoms. The van der Waals surface area contributed by atoms with E-state index in [9.17, 15) is 0 Å². The molecule has 0 unspecified atom stereocenters. The Labute approximate surface area is 102 Å². The molecular weight excluding hydrogens is 226 g/mol. The first-order chi connectivity index (χ1) is 7.65. The molecule has 16 heavy (non-hydrogen) atoms. The van der Waals surface area contributed by atoms with Gasteiger partial charge in [-0.25, -0.2) is 4.99 Å². The van der Waals surface area contributed by atoms with E-state index >= 15 is 0 Å². The summed E-state index contributed by atoms with van der Waals surface area (Å²) in [5, 5.41) is 3.45. The maximum Gasteiger partial charge on any atom is 0.176 e. The summed E-state index contributed by atoms with van der Waals surface area (Å²) in [5.74, 6) is 0.955. The highest BCUT2D eigenvalue weighted by atomic mass is 35.5. The Morgan fingerprint density at radius 3 is 2.75 bits per heavy atom. The van der Waals surface area contributed by atoms with Crippen LogP contribution in [0.25, 0.3) is 0 Å². The minimum atomic E-state index is 0.399. The third kappa shape index (κ3) is 6.35. The predicted octanol–water partition coefficient (Wildman–Crippen LogP) is 2.32. The van der Waals surface area contributed by atoms with Gasteiger partial charge < -0.3 is 15.8 Å². The molecule has 4 nitrogen and oxygen atoms in total. The number of nitrogens with zero attached hydrogens (tertiary/aromatic N) is 1. The van der Waals surface area contributed by atoms with Gasteiger partial charge in [-0.2, -0.15) is 0 Å². The van der Waals surface area contributed by atoms with Crippen molar-refractivity contribution in [3.63, 3.8) is 0 Å². The lowest BCUT2D eigenvalue weighted by molar-refractivity contribution is 0.309. The van der Waals surface area contributed by atoms with Crippen molar-refractivity contribution in [1.29, 1.82) is 0 Å². The normalized spacial score (nSPS) is 13.9. The predicted molar refractivity (Wildman–Crippen MR) is 69.2 cm³/mol. The Hall–Kier alpha value is -1.16. The molecule has 0 rings (SSSR count). The topological polar surface area (TPSA) is 59.6 Å². The van der Waals surface area contributed by atoms with Crippen molar-refractivity contribution in [3.05, 3.63) is 22.8 Å². The number of allylic oxidation sites excluding steroid dienone is 2. The molecule has 0 aromatic carbocycles. The van der Waals surface area contributed by atoms with E-state index in [-0.39, 0.29) is 0 Å². The molecule has 0 aromatic rings. The van der Waals surface area contributed by atoms with Crippen LogP contribution >= 0.6 is 11.6 Å². The van der Waals surface area contributed by atoms with Crippen LogP contribution in [0.4, 0.5) is 0 Å². The summed E-state index contributed by atoms with van der Waals surface area (Å²) in [7, 11) is 1.54. The Bertz CT molecular complexity index is 285. The van der Waals surface area contributed by atoms with Gasteiger partial charge in [0.05, 0.1) is 13.3 Å². The molecule has 0 amide bonds. The fourth-order valence-electron chi connectivity index (χ4n) is 0.914. The van der Waals surface area contributed by atoms with Crippen LogP contribution in [0.2, 0.25) is 0 Å². The second-order valence-corrected chi connectivity index (χ2v) is 3.52. The number of rotatable bonds is 7. The number of methoxy groups -OCH3 is 1. The molecule has 0 fully saturated rings. The van der Waals surface area contributed by atoms with Crippen LogP contribution in [0.15, 0.2) is 27.8 Å². The maximum atomic E-state index is 5.79. The highest BCUT2D eigenvalue weighted by Gasteiger charge is 2.00. The van der Waals surface area contributed by atoms with Gasteiger partial charge in [0.1, 0.15) is 11.0 Å². The Balaban J connectivity index is 4.43. The summed E-state index contributed by atoms with van der Waals surface area (Å²) in [6.45, 7) is 4.74. The summed E-state index contributed by atoms with van der Waals surface area (Å²) in [5.41, 5.74) is 5.79. The molecule has 0 aliphatic rings. The minimum Gasteiger partial charge on any atom is -0.491 e. The Kier molecular flexibility index (Phi) is 8.43. The second kappa shape index (κ2) is 9.09. The van der Waals surface area contributed by atoms with Gasteiger partial charge in [-0.05, 0) is 13.3 Å². The average Bonchev–Trinajstić information content (AvgIpc) is 2.29. The number of nitrogens with one attached hydrogen (secondary N) is 1. The zero-order valence-corrected chi connectivity index (χ0v) is 10.8. The highest BCUT2D eigenvalue weighted by molar-refractivity contribution is 6.29. The van der Waals surface area contributed by atoms with Crippen molar-refractivity contribution < 1.29 is 4.74 Å². The fourth-order valence-corrected chi connectivity index (χ4v) is 0.963. The molecule has 0 aliphatic heterocycles. The molecular formula is C11H20ClN3O. The summed E-state index contributed by atoms with van der Waals surface area (Å²) in [6, 6.07) is 0. The minimum absolute atomic E-state index is 0.399. The number of unbranched alkanes of at least 4 members (excludes halogenated alkanes) is 1. The lowest BCUT2D eigenvalue weighted by Crippen LogP contribution is -2.24. The van der Waals surface area contributed by atoms with Crippen LogP contribution < -0.4 is 11.1 Å². The first kappa shape index (κ1) is 14.8. The summed E-state index contributed by atoms with van der Waals surface area (Å²) in [4.78, 5) is 3.96. The van der Waals surface area contributed by atoms with E-state index in [0.29, 0.717) is 16.7 Å². The summed E-state index contributed by atoms with van der Waals surface area (Å²) >= 11 is 5.72. The number of ether oxygens (including phenoxy) is 1. The summed E-state index contributed by atoms with van der Waals surface area (Å²) in [6.07, 6.45) is 5.36. The lowest BCUT2D eigenvalue weighted by atomic mass is 10.3. The van der Waals surface area contributed by atoms with Crippen LogP contribution in [0.1, 0.15) is 26.7 Å². The zero-order valence-electron chi connectivity index (χ0n) is 10.1. The van der Waals surface area contributed by atoms with E-state index in [1.54, 1.807) is 20.1 Å². The number of hydrogen-bond donors (Lipinski definition) is 2. The number of nitrogens with two attached hydrogens (primary N) is 1. The van der Waals surface area contributed by atoms with Gasteiger partial charge in [-0.1, -0.05) is 31.0 Å². The van der Waals surface area contributed by atoms with E-state index in [4.69, 9.17) is 22.1 Å². The standard InChI is InChI=1S/C11H20ClN3O/c1-4-6-7-14-11(13)9(16-3)8-15-10(12)5-2/h5,8,14H,4,6-7,13H2,1-3H3/b10-5-,11-9-,15-8-. The maximum absolute atomic E-state index is 5.79. The van der Waals surface area contributed by atoms with E-state index in [1.165, 1.54) is 6.21 Å². The first-order valence-corrected chi connectivity index (χ1v) is 5.67. The molecule has 0 saturated heterocycles. The van der Waals surface area contributed by atoms with Gasteiger partial charge in [0.25, 0.3) is 0 Å². The molecule has 0 bridgehead atoms. The third-order valence-electron chi connectivity index (χ3n) is 1.87. The molecule has 0 aliphatic carbocycles. The smallest absolute Gasteiger partial charge is 0.176 e. The van der Waals surface area contributed by atoms with E-state index in [0.717, 1.165) is 19.4 Å². The first-order valence-electron chi connectivity index (χ1n) is 5.29. The SMILES string of the molecule is C\C=C(Cl)/N=C\C(OC)=C(/N)NCCCC. The second-order valence-electron chi connectivity index (χ2n) is 3.13. The molecule has 0 radical (unpaired) electrons. The van der Waals surface area contributed by atoms with Crippen molar-refractivity contribution in [2.24, 2.45) is 10.7 Å². The van der Waals surface area contributed by atoms with Gasteiger partial charge in [0.2, 0.25) is 0 Å². The molecule has 0 atom stereocenters. The molecule has 0 saturated carbocycles. The van der Waals surface area contributed by atoms with Crippen molar-refractivity contribution in [2.75, 3.05) is 13.7 Å². The average molecular weight is 246 g/mol. The largest absolute Gasteiger partial charge is 0.491 e. The van der Waals surface area contributed by atoms with Crippen molar-refractivity contribution >= 4 is 17.8 Å². The van der Waals surface area contributed by atoms with Gasteiger partial charge in [-0.3, -0.25) is 0 Å². The van der Waals surface area contributed by atoms with Crippen molar-refractivity contribution in [1.82, 2.24) is 5.32 Å². The Morgan fingerprint density at radius 2 is 2.25 bits per heavy atom. The number of hydrogen-bond acceptors (Lipinski definition) is 4. The molecule has 0 heterocycles. The molecule has 3 N–H and O–H groups in total. The molecule has 0 aromatic heterocycles. The van der Waals surface area contributed by atoms with E-state index in [2.05, 4.69) is 17.2 Å². The fraction of sp³-hybridized carbons (Fsp3) is 0.545. The monoisotopic (exact) mass is 245 g/mol. The number of halogens is 1. The van der Waals surface area contributed by atoms with Gasteiger partial charge >= 0.3 is 0 Å². The van der Waals surface area contributed by atoms with E-state index < -0.39 is 0 Å². The van der Waals surface area contributed by atoms with Gasteiger partial charge in [0, 0.05) is 6.54 Å². The van der Waals surface area contributed by atoms with Gasteiger partial charge in [-0.15, -0.1) is 0 Å². The van der Waals surface area contributed by atoms with Crippen molar-refractivity contribution in [2.45, 2.75) is 26.7 Å². The quantitative estimate of drug-likeness (QED) is 0.313. The highest BCUT2D eigenvalue weighted by Crippen LogP contribution is 2.03. The van der Waals surface area contributed by atoms with Crippen LogP contribution in [0, 0.1) is 0 Å². The van der Waals surface area contributed by atoms with Gasteiger partial charge in [0.15, 0.2) is 5.76 Å². The van der Waals surface area contributed by atoms with Crippen LogP contribution in [0.5, 0.6) is 0 Å². The van der Waals surface area contributed by atoms with Crippen LogP contribution in [0.3, 0.4) is 0 Å². The van der Waals surface area contributed by atoms with Crippen LogP contribution in [-0.2, 0) is 4.74 Å². The third-order valence-corrected chi connectivity index (χ3v) is 2.19. The lowest BCUT2D eigenvalue weighted by Gasteiger charge is -2.08. The van der Waals surface area contributed by atoms with Crippen molar-refractivity contribution in [3.8, 4) is 0 Å². The van der Waals surface area contributed by atoms with Crippen LogP contribution in [-0.4, -0.2) is 19.9 Å². The Morgan fingerprint density at radius 1 is 1.56 bits per heavy atom. The van der Waals surface area contributed by atoms with E-state index in [1.807, 2.05) is 0 Å².